The van der Waals surface area contributed by atoms with Gasteiger partial charge in [-0.05, 0) is 5.46 Å². The zero-order valence-corrected chi connectivity index (χ0v) is 6.39. The monoisotopic (exact) mass is 189 g/mol. The number of pyridine rings is 1. The first-order valence-electron chi connectivity index (χ1n) is 3.38. The van der Waals surface area contributed by atoms with Crippen LogP contribution in [0.3, 0.4) is 0 Å². The average Bonchev–Trinajstić information content (AvgIpc) is 2.04. The summed E-state index contributed by atoms with van der Waals surface area (Å²) in [4.78, 5) is 10.8. The highest BCUT2D eigenvalue weighted by Crippen LogP contribution is 2.03. The molecule has 13 heavy (non-hydrogen) atoms. The van der Waals surface area contributed by atoms with Gasteiger partial charge in [0.15, 0.2) is 0 Å². The molecule has 0 saturated heterocycles. The molecule has 0 fully saturated rings. The maximum atomic E-state index is 12.1. The van der Waals surface area contributed by atoms with Crippen molar-refractivity contribution in [3.8, 4) is 0 Å². The molecule has 0 amide bonds. The third-order valence-electron chi connectivity index (χ3n) is 1.47. The van der Waals surface area contributed by atoms with Crippen molar-refractivity contribution in [1.82, 2.24) is 4.57 Å². The van der Waals surface area contributed by atoms with E-state index < -0.39 is 19.2 Å². The maximum Gasteiger partial charge on any atom is 0.489 e. The molecule has 1 heterocycles. The Hall–Kier alpha value is -1.21. The van der Waals surface area contributed by atoms with Crippen molar-refractivity contribution >= 4 is 12.6 Å². The number of nitrogens with zero attached hydrogens (tertiary/aromatic N) is 1. The Morgan fingerprint density at radius 3 is 2.46 bits per heavy atom. The predicted molar refractivity (Wildman–Crippen MR) is 41.8 cm³/mol. The lowest BCUT2D eigenvalue weighted by molar-refractivity contribution is 0.0666. The summed E-state index contributed by atoms with van der Waals surface area (Å²) < 4.78 is 24.3. The van der Waals surface area contributed by atoms with E-state index in [1.807, 2.05) is 0 Å². The van der Waals surface area contributed by atoms with Crippen molar-refractivity contribution in [3.63, 3.8) is 0 Å². The molecule has 7 heteroatoms. The van der Waals surface area contributed by atoms with E-state index in [0.29, 0.717) is 6.20 Å². The van der Waals surface area contributed by atoms with Gasteiger partial charge in [0.05, 0.1) is 0 Å². The van der Waals surface area contributed by atoms with E-state index in [2.05, 4.69) is 0 Å². The molecular formula is C6H6BF2NO3. The summed E-state index contributed by atoms with van der Waals surface area (Å²) in [5.41, 5.74) is -1.04. The maximum absolute atomic E-state index is 12.1. The van der Waals surface area contributed by atoms with E-state index in [4.69, 9.17) is 10.0 Å². The van der Waals surface area contributed by atoms with Crippen LogP contribution in [0.1, 0.15) is 6.55 Å². The summed E-state index contributed by atoms with van der Waals surface area (Å²) >= 11 is 0. The molecule has 0 spiro atoms. The van der Waals surface area contributed by atoms with Gasteiger partial charge in [-0.2, -0.15) is 8.78 Å². The van der Waals surface area contributed by atoms with Crippen molar-refractivity contribution in [2.45, 2.75) is 6.55 Å². The number of rotatable bonds is 2. The van der Waals surface area contributed by atoms with Crippen LogP contribution in [0.25, 0.3) is 0 Å². The zero-order valence-electron chi connectivity index (χ0n) is 6.39. The van der Waals surface area contributed by atoms with E-state index in [-0.39, 0.29) is 10.0 Å². The fourth-order valence-electron chi connectivity index (χ4n) is 0.826. The Kier molecular flexibility index (Phi) is 2.79. The van der Waals surface area contributed by atoms with Gasteiger partial charge in [-0.3, -0.25) is 9.36 Å². The Labute approximate surface area is 72.2 Å². The molecule has 1 aromatic heterocycles. The summed E-state index contributed by atoms with van der Waals surface area (Å²) in [7, 11) is -1.86. The van der Waals surface area contributed by atoms with Crippen LogP contribution >= 0.6 is 0 Å². The average molecular weight is 189 g/mol. The standard InChI is InChI=1S/C6H6BF2NO3/c8-6(9)10-3-4(7(12)13)1-2-5(10)11/h1-3,6,12-13H. The SMILES string of the molecule is O=c1ccc(B(O)O)cn1C(F)F. The van der Waals surface area contributed by atoms with Crippen LogP contribution < -0.4 is 11.0 Å². The van der Waals surface area contributed by atoms with E-state index >= 15 is 0 Å². The largest absolute Gasteiger partial charge is 0.489 e. The molecule has 0 aliphatic heterocycles. The number of hydrogen-bond acceptors (Lipinski definition) is 3. The Bertz CT molecular complexity index is 352. The first-order valence-corrected chi connectivity index (χ1v) is 3.38. The topological polar surface area (TPSA) is 62.5 Å². The van der Waals surface area contributed by atoms with Gasteiger partial charge in [0.25, 0.3) is 5.56 Å². The van der Waals surface area contributed by atoms with Crippen LogP contribution in [-0.2, 0) is 0 Å². The van der Waals surface area contributed by atoms with Gasteiger partial charge in [0, 0.05) is 12.3 Å². The normalized spacial score (nSPS) is 10.5. The van der Waals surface area contributed by atoms with Gasteiger partial charge in [-0.15, -0.1) is 0 Å². The lowest BCUT2D eigenvalue weighted by Crippen LogP contribution is -2.34. The van der Waals surface area contributed by atoms with E-state index in [9.17, 15) is 13.6 Å². The molecule has 70 valence electrons. The first-order chi connectivity index (χ1) is 6.02. The van der Waals surface area contributed by atoms with Gasteiger partial charge in [-0.1, -0.05) is 6.07 Å². The van der Waals surface area contributed by atoms with E-state index in [1.165, 1.54) is 0 Å². The van der Waals surface area contributed by atoms with Crippen molar-refractivity contribution in [3.05, 3.63) is 28.7 Å². The molecule has 1 aromatic rings. The summed E-state index contributed by atoms with van der Waals surface area (Å²) in [5, 5.41) is 17.2. The number of halogens is 2. The van der Waals surface area contributed by atoms with Crippen molar-refractivity contribution in [2.24, 2.45) is 0 Å². The molecule has 0 unspecified atom stereocenters. The molecule has 0 aliphatic rings. The minimum absolute atomic E-state index is 0.120. The summed E-state index contributed by atoms with van der Waals surface area (Å²) in [5.74, 6) is 0. The van der Waals surface area contributed by atoms with E-state index in [1.54, 1.807) is 0 Å². The van der Waals surface area contributed by atoms with E-state index in [0.717, 1.165) is 12.1 Å². The highest BCUT2D eigenvalue weighted by atomic mass is 19.3. The zero-order chi connectivity index (χ0) is 10.0. The van der Waals surface area contributed by atoms with Crippen LogP contribution in [-0.4, -0.2) is 21.7 Å². The molecule has 0 atom stereocenters. The second-order valence-electron chi connectivity index (χ2n) is 2.36. The van der Waals surface area contributed by atoms with Crippen LogP contribution in [0, 0.1) is 0 Å². The van der Waals surface area contributed by atoms with Crippen LogP contribution in [0.15, 0.2) is 23.1 Å². The predicted octanol–water partition coefficient (Wildman–Crippen LogP) is -1.08. The third kappa shape index (κ3) is 2.13. The number of aromatic nitrogens is 1. The molecule has 0 radical (unpaired) electrons. The van der Waals surface area contributed by atoms with Crippen LogP contribution in [0.2, 0.25) is 0 Å². The van der Waals surface area contributed by atoms with Gasteiger partial charge in [-0.25, -0.2) is 0 Å². The first kappa shape index (κ1) is 9.88. The van der Waals surface area contributed by atoms with Gasteiger partial charge in [0.1, 0.15) is 0 Å². The van der Waals surface area contributed by atoms with Crippen molar-refractivity contribution in [1.29, 1.82) is 0 Å². The van der Waals surface area contributed by atoms with Gasteiger partial charge in [0.2, 0.25) is 0 Å². The fourth-order valence-corrected chi connectivity index (χ4v) is 0.826. The molecule has 1 rings (SSSR count). The smallest absolute Gasteiger partial charge is 0.423 e. The molecule has 0 bridgehead atoms. The lowest BCUT2D eigenvalue weighted by atomic mass is 9.82. The quantitative estimate of drug-likeness (QED) is 0.581. The lowest BCUT2D eigenvalue weighted by Gasteiger charge is -2.05. The highest BCUT2D eigenvalue weighted by Gasteiger charge is 2.14. The molecule has 0 saturated carbocycles. The fraction of sp³-hybridized carbons (Fsp3) is 0.167. The van der Waals surface area contributed by atoms with Crippen LogP contribution in [0.4, 0.5) is 8.78 Å². The highest BCUT2D eigenvalue weighted by molar-refractivity contribution is 6.58. The summed E-state index contributed by atoms with van der Waals surface area (Å²) in [6, 6.07) is 1.92. The summed E-state index contributed by atoms with van der Waals surface area (Å²) in [6.07, 6.45) is 0.706. The minimum atomic E-state index is -2.98. The molecular weight excluding hydrogens is 183 g/mol. The molecule has 0 aromatic carbocycles. The third-order valence-corrected chi connectivity index (χ3v) is 1.47. The Balaban J connectivity index is 3.19. The van der Waals surface area contributed by atoms with Gasteiger partial charge >= 0.3 is 13.7 Å². The Morgan fingerprint density at radius 1 is 1.38 bits per heavy atom. The molecule has 2 N–H and O–H groups in total. The van der Waals surface area contributed by atoms with Crippen molar-refractivity contribution < 1.29 is 18.8 Å². The molecule has 0 aliphatic carbocycles. The number of alkyl halides is 2. The molecule has 4 nitrogen and oxygen atoms in total. The van der Waals surface area contributed by atoms with Gasteiger partial charge < -0.3 is 10.0 Å². The summed E-state index contributed by atoms with van der Waals surface area (Å²) in [6.45, 7) is -2.98. The van der Waals surface area contributed by atoms with Crippen LogP contribution in [0.5, 0.6) is 0 Å². The second kappa shape index (κ2) is 3.67. The minimum Gasteiger partial charge on any atom is -0.423 e. The number of hydrogen-bond donors (Lipinski definition) is 2. The van der Waals surface area contributed by atoms with Crippen molar-refractivity contribution in [2.75, 3.05) is 0 Å². The Morgan fingerprint density at radius 2 is 2.00 bits per heavy atom. The second-order valence-corrected chi connectivity index (χ2v) is 2.36.